The Morgan fingerprint density at radius 1 is 1.24 bits per heavy atom. The lowest BCUT2D eigenvalue weighted by Crippen LogP contribution is -2.44. The third kappa shape index (κ3) is 4.53. The zero-order chi connectivity index (χ0) is 12.9. The molecule has 100 valence electrons. The van der Waals surface area contributed by atoms with Crippen molar-refractivity contribution in [3.05, 3.63) is 0 Å². The second kappa shape index (κ2) is 6.23. The first-order chi connectivity index (χ1) is 7.95. The van der Waals surface area contributed by atoms with E-state index in [-0.39, 0.29) is 12.5 Å². The summed E-state index contributed by atoms with van der Waals surface area (Å²) in [5.41, 5.74) is 5.13. The molecular formula is C11H19F3N2O. The molecule has 0 radical (unpaired) electrons. The monoisotopic (exact) mass is 252 g/mol. The highest BCUT2D eigenvalue weighted by molar-refractivity contribution is 5.76. The zero-order valence-electron chi connectivity index (χ0n) is 9.80. The Kier molecular flexibility index (Phi) is 5.24. The molecule has 2 N–H and O–H groups in total. The van der Waals surface area contributed by atoms with Crippen molar-refractivity contribution in [1.29, 1.82) is 0 Å². The summed E-state index contributed by atoms with van der Waals surface area (Å²) < 4.78 is 37.7. The van der Waals surface area contributed by atoms with Crippen LogP contribution in [-0.2, 0) is 4.79 Å². The van der Waals surface area contributed by atoms with Crippen molar-refractivity contribution in [2.24, 2.45) is 11.7 Å². The summed E-state index contributed by atoms with van der Waals surface area (Å²) in [5, 5.41) is 0. The standard InChI is InChI=1S/C11H19F3N2O/c12-11(13,14)9(7-15)8-16-6-4-2-1-3-5-10(16)17/h9H,1-8,15H2. The van der Waals surface area contributed by atoms with E-state index in [1.54, 1.807) is 0 Å². The molecule has 0 saturated carbocycles. The molecule has 1 aliphatic rings. The highest BCUT2D eigenvalue weighted by atomic mass is 19.4. The van der Waals surface area contributed by atoms with E-state index in [1.165, 1.54) is 4.90 Å². The number of carbonyl (C=O) groups is 1. The normalized spacial score (nSPS) is 20.9. The maximum Gasteiger partial charge on any atom is 0.394 e. The molecule has 0 aliphatic carbocycles. The smallest absolute Gasteiger partial charge is 0.342 e. The number of carbonyl (C=O) groups excluding carboxylic acids is 1. The topological polar surface area (TPSA) is 46.3 Å². The van der Waals surface area contributed by atoms with Crippen LogP contribution in [0.5, 0.6) is 0 Å². The van der Waals surface area contributed by atoms with Crippen LogP contribution in [0.25, 0.3) is 0 Å². The number of hydrogen-bond donors (Lipinski definition) is 1. The van der Waals surface area contributed by atoms with E-state index >= 15 is 0 Å². The molecule has 17 heavy (non-hydrogen) atoms. The summed E-state index contributed by atoms with van der Waals surface area (Å²) in [6, 6.07) is 0. The van der Waals surface area contributed by atoms with Gasteiger partial charge in [0.05, 0.1) is 5.92 Å². The van der Waals surface area contributed by atoms with Crippen molar-refractivity contribution < 1.29 is 18.0 Å². The second-order valence-electron chi connectivity index (χ2n) is 4.48. The number of alkyl halides is 3. The van der Waals surface area contributed by atoms with Gasteiger partial charge in [-0.1, -0.05) is 12.8 Å². The first-order valence-corrected chi connectivity index (χ1v) is 5.99. The third-order valence-electron chi connectivity index (χ3n) is 3.11. The summed E-state index contributed by atoms with van der Waals surface area (Å²) in [6.07, 6.45) is -0.454. The van der Waals surface area contributed by atoms with E-state index in [4.69, 9.17) is 5.73 Å². The quantitative estimate of drug-likeness (QED) is 0.834. The van der Waals surface area contributed by atoms with Gasteiger partial charge in [-0.05, 0) is 12.8 Å². The fraction of sp³-hybridized carbons (Fsp3) is 0.909. The van der Waals surface area contributed by atoms with Gasteiger partial charge < -0.3 is 10.6 Å². The fourth-order valence-electron chi connectivity index (χ4n) is 1.99. The Balaban J connectivity index is 2.59. The van der Waals surface area contributed by atoms with Crippen molar-refractivity contribution in [3.63, 3.8) is 0 Å². The molecule has 1 atom stereocenters. The Hall–Kier alpha value is -0.780. The van der Waals surface area contributed by atoms with E-state index in [2.05, 4.69) is 0 Å². The van der Waals surface area contributed by atoms with Crippen LogP contribution in [0.4, 0.5) is 13.2 Å². The fourth-order valence-corrected chi connectivity index (χ4v) is 1.99. The van der Waals surface area contributed by atoms with Gasteiger partial charge in [0, 0.05) is 26.1 Å². The summed E-state index contributed by atoms with van der Waals surface area (Å²) in [6.45, 7) is -0.336. The van der Waals surface area contributed by atoms with E-state index in [1.807, 2.05) is 0 Å². The van der Waals surface area contributed by atoms with Gasteiger partial charge in [-0.25, -0.2) is 0 Å². The molecule has 0 aromatic carbocycles. The number of likely N-dealkylation sites (tertiary alicyclic amines) is 1. The van der Waals surface area contributed by atoms with E-state index < -0.39 is 18.6 Å². The predicted molar refractivity (Wildman–Crippen MR) is 58.3 cm³/mol. The molecule has 1 aliphatic heterocycles. The molecular weight excluding hydrogens is 233 g/mol. The molecule has 1 rings (SSSR count). The lowest BCUT2D eigenvalue weighted by atomic mass is 10.0. The number of amides is 1. The molecule has 1 fully saturated rings. The molecule has 1 unspecified atom stereocenters. The Labute approximate surface area is 99.1 Å². The number of nitrogens with two attached hydrogens (primary N) is 1. The van der Waals surface area contributed by atoms with Crippen LogP contribution < -0.4 is 5.73 Å². The van der Waals surface area contributed by atoms with Crippen LogP contribution in [0, 0.1) is 5.92 Å². The molecule has 0 spiro atoms. The Morgan fingerprint density at radius 2 is 1.88 bits per heavy atom. The summed E-state index contributed by atoms with van der Waals surface area (Å²) in [7, 11) is 0. The van der Waals surface area contributed by atoms with E-state index in [9.17, 15) is 18.0 Å². The number of halogens is 3. The molecule has 1 heterocycles. The molecule has 1 saturated heterocycles. The van der Waals surface area contributed by atoms with Gasteiger partial charge >= 0.3 is 6.18 Å². The van der Waals surface area contributed by atoms with Crippen LogP contribution in [-0.4, -0.2) is 36.6 Å². The molecule has 0 aromatic rings. The van der Waals surface area contributed by atoms with Gasteiger partial charge in [0.15, 0.2) is 0 Å². The zero-order valence-corrected chi connectivity index (χ0v) is 9.80. The maximum absolute atomic E-state index is 12.6. The third-order valence-corrected chi connectivity index (χ3v) is 3.11. The number of rotatable bonds is 3. The Bertz CT molecular complexity index is 256. The van der Waals surface area contributed by atoms with Crippen molar-refractivity contribution in [3.8, 4) is 0 Å². The summed E-state index contributed by atoms with van der Waals surface area (Å²) in [5.74, 6) is -1.78. The van der Waals surface area contributed by atoms with E-state index in [0.29, 0.717) is 13.0 Å². The maximum atomic E-state index is 12.6. The van der Waals surface area contributed by atoms with Crippen LogP contribution in [0.3, 0.4) is 0 Å². The van der Waals surface area contributed by atoms with Gasteiger partial charge in [-0.15, -0.1) is 0 Å². The van der Waals surface area contributed by atoms with Crippen LogP contribution >= 0.6 is 0 Å². The SMILES string of the molecule is NCC(CN1CCCCCCC1=O)C(F)(F)F. The highest BCUT2D eigenvalue weighted by Gasteiger charge is 2.40. The van der Waals surface area contributed by atoms with Gasteiger partial charge in [0.2, 0.25) is 5.91 Å². The van der Waals surface area contributed by atoms with Crippen molar-refractivity contribution in [1.82, 2.24) is 4.90 Å². The minimum Gasteiger partial charge on any atom is -0.342 e. The molecule has 0 aromatic heterocycles. The van der Waals surface area contributed by atoms with Crippen molar-refractivity contribution in [2.45, 2.75) is 38.3 Å². The van der Waals surface area contributed by atoms with Crippen molar-refractivity contribution >= 4 is 5.91 Å². The van der Waals surface area contributed by atoms with Gasteiger partial charge in [-0.2, -0.15) is 13.2 Å². The number of nitrogens with zero attached hydrogens (tertiary/aromatic N) is 1. The summed E-state index contributed by atoms with van der Waals surface area (Å²) >= 11 is 0. The second-order valence-corrected chi connectivity index (χ2v) is 4.48. The average Bonchev–Trinajstić information content (AvgIpc) is 2.21. The first kappa shape index (κ1) is 14.3. The lowest BCUT2D eigenvalue weighted by Gasteiger charge is -2.29. The average molecular weight is 252 g/mol. The lowest BCUT2D eigenvalue weighted by molar-refractivity contribution is -0.178. The molecule has 3 nitrogen and oxygen atoms in total. The molecule has 0 bridgehead atoms. The minimum absolute atomic E-state index is 0.174. The largest absolute Gasteiger partial charge is 0.394 e. The first-order valence-electron chi connectivity index (χ1n) is 5.99. The highest BCUT2D eigenvalue weighted by Crippen LogP contribution is 2.27. The van der Waals surface area contributed by atoms with E-state index in [0.717, 1.165) is 25.7 Å². The minimum atomic E-state index is -4.32. The molecule has 6 heteroatoms. The van der Waals surface area contributed by atoms with Crippen LogP contribution in [0.2, 0.25) is 0 Å². The van der Waals surface area contributed by atoms with Gasteiger partial charge in [0.25, 0.3) is 0 Å². The van der Waals surface area contributed by atoms with Crippen LogP contribution in [0.15, 0.2) is 0 Å². The van der Waals surface area contributed by atoms with Gasteiger partial charge in [0.1, 0.15) is 0 Å². The molecule has 1 amide bonds. The van der Waals surface area contributed by atoms with Crippen LogP contribution in [0.1, 0.15) is 32.1 Å². The van der Waals surface area contributed by atoms with Gasteiger partial charge in [-0.3, -0.25) is 4.79 Å². The summed E-state index contributed by atoms with van der Waals surface area (Å²) in [4.78, 5) is 13.0. The Morgan fingerprint density at radius 3 is 2.47 bits per heavy atom. The van der Waals surface area contributed by atoms with Crippen molar-refractivity contribution in [2.75, 3.05) is 19.6 Å². The number of hydrogen-bond acceptors (Lipinski definition) is 2. The predicted octanol–water partition coefficient (Wildman–Crippen LogP) is 1.92.